The van der Waals surface area contributed by atoms with Crippen molar-refractivity contribution in [3.05, 3.63) is 0 Å². The lowest BCUT2D eigenvalue weighted by molar-refractivity contribution is -0.191. The average Bonchev–Trinajstić information content (AvgIpc) is 2.48. The highest BCUT2D eigenvalue weighted by atomic mass is 19.4. The van der Waals surface area contributed by atoms with Gasteiger partial charge in [-0.15, -0.1) is 0 Å². The van der Waals surface area contributed by atoms with Gasteiger partial charge in [0.2, 0.25) is 5.54 Å². The smallest absolute Gasteiger partial charge is 0.420 e. The van der Waals surface area contributed by atoms with Crippen LogP contribution in [0.4, 0.5) is 18.0 Å². The van der Waals surface area contributed by atoms with Gasteiger partial charge in [0, 0.05) is 6.54 Å². The Morgan fingerprint density at radius 1 is 1.44 bits per heavy atom. The van der Waals surface area contributed by atoms with Gasteiger partial charge in [-0.2, -0.15) is 13.2 Å². The van der Waals surface area contributed by atoms with Crippen LogP contribution < -0.4 is 5.32 Å². The minimum Gasteiger partial charge on any atom is -0.469 e. The highest BCUT2D eigenvalue weighted by Crippen LogP contribution is 2.35. The van der Waals surface area contributed by atoms with E-state index in [2.05, 4.69) is 4.74 Å². The third-order valence-electron chi connectivity index (χ3n) is 2.61. The van der Waals surface area contributed by atoms with E-state index in [-0.39, 0.29) is 6.42 Å². The number of esters is 1. The van der Waals surface area contributed by atoms with Gasteiger partial charge in [-0.25, -0.2) is 4.79 Å². The number of nitrogens with zero attached hydrogens (tertiary/aromatic N) is 1. The fourth-order valence-corrected chi connectivity index (χ4v) is 1.40. The van der Waals surface area contributed by atoms with Crippen molar-refractivity contribution in [2.75, 3.05) is 13.7 Å². The summed E-state index contributed by atoms with van der Waals surface area (Å²) >= 11 is 0. The number of methoxy groups -OCH3 is 1. The molecule has 0 aromatic heterocycles. The summed E-state index contributed by atoms with van der Waals surface area (Å²) in [6.45, 7) is 0.119. The number of rotatable bonds is 3. The Kier molecular flexibility index (Phi) is 3.54. The highest BCUT2D eigenvalue weighted by molar-refractivity contribution is 6.07. The van der Waals surface area contributed by atoms with E-state index in [0.29, 0.717) is 11.8 Å². The lowest BCUT2D eigenvalue weighted by atomic mass is 10.0. The van der Waals surface area contributed by atoms with Crippen LogP contribution in [0.5, 0.6) is 0 Å². The summed E-state index contributed by atoms with van der Waals surface area (Å²) in [5.74, 6) is -2.15. The van der Waals surface area contributed by atoms with E-state index in [1.54, 1.807) is 5.32 Å². The zero-order valence-electron chi connectivity index (χ0n) is 9.63. The molecule has 9 heteroatoms. The standard InChI is InChI=1S/C9H11F3N2O4/c1-8(9(10,11)12)6(16)14(7(17)13-8)4-3-5(15)18-2/h3-4H2,1-2H3,(H,13,17). The topological polar surface area (TPSA) is 75.7 Å². The molecular formula is C9H11F3N2O4. The molecule has 1 heterocycles. The van der Waals surface area contributed by atoms with E-state index in [4.69, 9.17) is 0 Å². The molecule has 0 radical (unpaired) electrons. The van der Waals surface area contributed by atoms with Gasteiger partial charge in [-0.3, -0.25) is 14.5 Å². The Labute approximate surface area is 100 Å². The van der Waals surface area contributed by atoms with E-state index in [1.165, 1.54) is 0 Å². The molecule has 3 amide bonds. The summed E-state index contributed by atoms with van der Waals surface area (Å²) in [7, 11) is 1.09. The lowest BCUT2D eigenvalue weighted by Crippen LogP contribution is -2.56. The second-order valence-electron chi connectivity index (χ2n) is 3.84. The Balaban J connectivity index is 2.83. The van der Waals surface area contributed by atoms with Crippen LogP contribution in [-0.2, 0) is 14.3 Å². The largest absolute Gasteiger partial charge is 0.469 e. The van der Waals surface area contributed by atoms with Gasteiger partial charge in [0.15, 0.2) is 0 Å². The quantitative estimate of drug-likeness (QED) is 0.594. The Morgan fingerprint density at radius 2 is 2.00 bits per heavy atom. The zero-order valence-corrected chi connectivity index (χ0v) is 9.63. The molecular weight excluding hydrogens is 257 g/mol. The van der Waals surface area contributed by atoms with Crippen LogP contribution in [0.15, 0.2) is 0 Å². The van der Waals surface area contributed by atoms with Gasteiger partial charge in [-0.1, -0.05) is 0 Å². The van der Waals surface area contributed by atoms with Gasteiger partial charge in [0.1, 0.15) is 0 Å². The van der Waals surface area contributed by atoms with E-state index < -0.39 is 36.2 Å². The summed E-state index contributed by atoms with van der Waals surface area (Å²) in [6.07, 6.45) is -5.26. The van der Waals surface area contributed by atoms with Gasteiger partial charge >= 0.3 is 18.2 Å². The first kappa shape index (κ1) is 14.3. The van der Waals surface area contributed by atoms with Crippen molar-refractivity contribution in [3.63, 3.8) is 0 Å². The van der Waals surface area contributed by atoms with E-state index in [9.17, 15) is 27.6 Å². The molecule has 0 aromatic carbocycles. The number of hydrogen-bond donors (Lipinski definition) is 1. The number of imide groups is 1. The number of amides is 3. The maximum atomic E-state index is 12.7. The van der Waals surface area contributed by atoms with Crippen LogP contribution in [0.2, 0.25) is 0 Å². The maximum Gasteiger partial charge on any atom is 0.420 e. The Bertz CT molecular complexity index is 396. The first-order chi connectivity index (χ1) is 8.13. The number of hydrogen-bond acceptors (Lipinski definition) is 4. The molecule has 0 aromatic rings. The van der Waals surface area contributed by atoms with E-state index in [0.717, 1.165) is 7.11 Å². The molecule has 0 saturated carbocycles. The molecule has 0 aliphatic carbocycles. The Morgan fingerprint density at radius 3 is 2.39 bits per heavy atom. The van der Waals surface area contributed by atoms with Gasteiger partial charge in [-0.05, 0) is 6.92 Å². The minimum atomic E-state index is -4.90. The van der Waals surface area contributed by atoms with Gasteiger partial charge < -0.3 is 10.1 Å². The molecule has 0 spiro atoms. The molecule has 1 rings (SSSR count). The molecule has 1 aliphatic heterocycles. The maximum absolute atomic E-state index is 12.7. The molecule has 1 fully saturated rings. The summed E-state index contributed by atoms with van der Waals surface area (Å²) in [6, 6.07) is -1.18. The van der Waals surface area contributed by atoms with E-state index >= 15 is 0 Å². The second kappa shape index (κ2) is 4.46. The second-order valence-corrected chi connectivity index (χ2v) is 3.84. The number of halogens is 3. The highest BCUT2D eigenvalue weighted by Gasteiger charge is 2.64. The van der Waals surface area contributed by atoms with Crippen LogP contribution in [0.25, 0.3) is 0 Å². The molecule has 0 bridgehead atoms. The van der Waals surface area contributed by atoms with Crippen molar-refractivity contribution in [2.24, 2.45) is 0 Å². The molecule has 1 atom stereocenters. The summed E-state index contributed by atoms with van der Waals surface area (Å²) in [4.78, 5) is 34.0. The first-order valence-corrected chi connectivity index (χ1v) is 4.91. The molecule has 1 aliphatic rings. The number of alkyl halides is 3. The minimum absolute atomic E-state index is 0.352. The monoisotopic (exact) mass is 268 g/mol. The van der Waals surface area contributed by atoms with Gasteiger partial charge in [0.25, 0.3) is 5.91 Å². The van der Waals surface area contributed by atoms with Crippen molar-refractivity contribution in [1.82, 2.24) is 10.2 Å². The van der Waals surface area contributed by atoms with Crippen molar-refractivity contribution in [3.8, 4) is 0 Å². The number of carbonyl (C=O) groups is 3. The molecule has 18 heavy (non-hydrogen) atoms. The SMILES string of the molecule is COC(=O)CCN1C(=O)NC(C)(C(F)(F)F)C1=O. The van der Waals surface area contributed by atoms with Crippen molar-refractivity contribution in [1.29, 1.82) is 0 Å². The molecule has 1 unspecified atom stereocenters. The third kappa shape index (κ3) is 2.24. The predicted octanol–water partition coefficient (Wildman–Crippen LogP) is 0.422. The van der Waals surface area contributed by atoms with Crippen molar-refractivity contribution >= 4 is 17.9 Å². The fraction of sp³-hybridized carbons (Fsp3) is 0.667. The molecule has 1 saturated heterocycles. The van der Waals surface area contributed by atoms with Crippen LogP contribution in [-0.4, -0.2) is 48.2 Å². The van der Waals surface area contributed by atoms with Crippen LogP contribution in [0.3, 0.4) is 0 Å². The first-order valence-electron chi connectivity index (χ1n) is 4.91. The normalized spacial score (nSPS) is 24.2. The molecule has 6 nitrogen and oxygen atoms in total. The lowest BCUT2D eigenvalue weighted by Gasteiger charge is -2.24. The Hall–Kier alpha value is -1.80. The van der Waals surface area contributed by atoms with Crippen LogP contribution in [0, 0.1) is 0 Å². The van der Waals surface area contributed by atoms with Crippen molar-refractivity contribution in [2.45, 2.75) is 25.1 Å². The summed E-state index contributed by atoms with van der Waals surface area (Å²) in [5.41, 5.74) is -2.94. The number of ether oxygens (including phenoxy) is 1. The molecule has 1 N–H and O–H groups in total. The zero-order chi connectivity index (χ0) is 14.1. The summed E-state index contributed by atoms with van der Waals surface area (Å²) in [5, 5.41) is 1.57. The predicted molar refractivity (Wildman–Crippen MR) is 51.3 cm³/mol. The fourth-order valence-electron chi connectivity index (χ4n) is 1.40. The van der Waals surface area contributed by atoms with Crippen molar-refractivity contribution < 1.29 is 32.3 Å². The third-order valence-corrected chi connectivity index (χ3v) is 2.61. The number of nitrogens with one attached hydrogen (secondary N) is 1. The van der Waals surface area contributed by atoms with E-state index in [1.807, 2.05) is 0 Å². The van der Waals surface area contributed by atoms with Gasteiger partial charge in [0.05, 0.1) is 13.5 Å². The molecule has 102 valence electrons. The number of carbonyl (C=O) groups excluding carboxylic acids is 3. The van der Waals surface area contributed by atoms with Crippen LogP contribution >= 0.6 is 0 Å². The van der Waals surface area contributed by atoms with Crippen LogP contribution in [0.1, 0.15) is 13.3 Å². The number of urea groups is 1. The summed E-state index contributed by atoms with van der Waals surface area (Å²) < 4.78 is 42.2. The average molecular weight is 268 g/mol.